The van der Waals surface area contributed by atoms with E-state index < -0.39 is 0 Å². The summed E-state index contributed by atoms with van der Waals surface area (Å²) in [5.41, 5.74) is 1.61. The Morgan fingerprint density at radius 3 is 2.64 bits per heavy atom. The first-order valence-corrected chi connectivity index (χ1v) is 4.89. The molecule has 2 heterocycles. The van der Waals surface area contributed by atoms with Crippen molar-refractivity contribution in [1.82, 2.24) is 5.06 Å². The zero-order valence-corrected chi connectivity index (χ0v) is 7.94. The highest BCUT2D eigenvalue weighted by molar-refractivity contribution is 8.13. The maximum atomic E-state index is 10.7. The molecular formula is C8H7N3O2S. The zero-order chi connectivity index (χ0) is 9.97. The van der Waals surface area contributed by atoms with Crippen LogP contribution < -0.4 is 0 Å². The van der Waals surface area contributed by atoms with Gasteiger partial charge in [-0.25, -0.2) is 5.06 Å². The zero-order valence-electron chi connectivity index (χ0n) is 7.12. The summed E-state index contributed by atoms with van der Waals surface area (Å²) in [7, 11) is 0. The second-order valence-electron chi connectivity index (χ2n) is 2.67. The normalized spacial score (nSPS) is 20.9. The first-order valence-electron chi connectivity index (χ1n) is 3.91. The summed E-state index contributed by atoms with van der Waals surface area (Å²) < 4.78 is 0. The minimum Gasteiger partial charge on any atom is -0.285 e. The molecule has 2 aliphatic rings. The molecule has 6 heteroatoms. The van der Waals surface area contributed by atoms with Crippen molar-refractivity contribution < 1.29 is 10.0 Å². The van der Waals surface area contributed by atoms with Gasteiger partial charge in [-0.3, -0.25) is 10.0 Å². The first kappa shape index (κ1) is 9.17. The molecule has 0 aromatic heterocycles. The molecule has 1 amide bonds. The van der Waals surface area contributed by atoms with Gasteiger partial charge in [-0.15, -0.1) is 10.2 Å². The Labute approximate surface area is 84.5 Å². The lowest BCUT2D eigenvalue weighted by Crippen LogP contribution is -2.06. The minimum atomic E-state index is -0.262. The van der Waals surface area contributed by atoms with Crippen LogP contribution >= 0.6 is 11.8 Å². The van der Waals surface area contributed by atoms with Crippen LogP contribution in [-0.4, -0.2) is 21.3 Å². The van der Waals surface area contributed by atoms with Gasteiger partial charge in [-0.1, -0.05) is 11.8 Å². The fourth-order valence-electron chi connectivity index (χ4n) is 1.04. The molecule has 0 aromatic carbocycles. The van der Waals surface area contributed by atoms with E-state index in [1.54, 1.807) is 12.2 Å². The van der Waals surface area contributed by atoms with Gasteiger partial charge in [-0.2, -0.15) is 0 Å². The Kier molecular flexibility index (Phi) is 2.47. The van der Waals surface area contributed by atoms with E-state index in [9.17, 15) is 4.79 Å². The maximum Gasteiger partial charge on any atom is 0.323 e. The highest BCUT2D eigenvalue weighted by Crippen LogP contribution is 2.24. The van der Waals surface area contributed by atoms with Gasteiger partial charge in [0.15, 0.2) is 0 Å². The molecule has 2 aliphatic heterocycles. The van der Waals surface area contributed by atoms with Gasteiger partial charge in [0.05, 0.1) is 5.70 Å². The number of hydrogen-bond acceptors (Lipinski definition) is 5. The van der Waals surface area contributed by atoms with E-state index in [1.165, 1.54) is 12.4 Å². The Hall–Kier alpha value is -1.40. The molecule has 0 saturated carbocycles. The van der Waals surface area contributed by atoms with E-state index in [0.29, 0.717) is 5.75 Å². The Morgan fingerprint density at radius 2 is 2.07 bits per heavy atom. The second kappa shape index (κ2) is 3.77. The summed E-state index contributed by atoms with van der Waals surface area (Å²) in [6.07, 6.45) is 6.42. The minimum absolute atomic E-state index is 0.262. The molecule has 0 aliphatic carbocycles. The molecule has 14 heavy (non-hydrogen) atoms. The first-order chi connectivity index (χ1) is 6.75. The lowest BCUT2D eigenvalue weighted by atomic mass is 10.2. The van der Waals surface area contributed by atoms with Gasteiger partial charge >= 0.3 is 5.24 Å². The Bertz CT molecular complexity index is 368. The average molecular weight is 209 g/mol. The standard InChI is InChI=1S/C8H7N3O2S/c12-8-10-9-7(5-14-8)6-1-3-11(13)4-2-6/h1-4,13H,5H2. The fourth-order valence-corrected chi connectivity index (χ4v) is 1.62. The van der Waals surface area contributed by atoms with Crippen LogP contribution in [0.1, 0.15) is 0 Å². The van der Waals surface area contributed by atoms with E-state index in [4.69, 9.17) is 5.21 Å². The van der Waals surface area contributed by atoms with Crippen LogP contribution in [0.3, 0.4) is 0 Å². The van der Waals surface area contributed by atoms with Crippen molar-refractivity contribution in [2.24, 2.45) is 10.2 Å². The smallest absolute Gasteiger partial charge is 0.285 e. The SMILES string of the molecule is O=C1N=NC(=C2C=CN(O)C=C2)CS1. The van der Waals surface area contributed by atoms with Gasteiger partial charge in [-0.05, 0) is 12.2 Å². The van der Waals surface area contributed by atoms with Crippen molar-refractivity contribution in [3.05, 3.63) is 35.8 Å². The van der Waals surface area contributed by atoms with Crippen molar-refractivity contribution >= 4 is 17.0 Å². The Balaban J connectivity index is 2.25. The predicted molar refractivity (Wildman–Crippen MR) is 51.6 cm³/mol. The summed E-state index contributed by atoms with van der Waals surface area (Å²) in [5, 5.41) is 16.9. The highest BCUT2D eigenvalue weighted by atomic mass is 32.2. The van der Waals surface area contributed by atoms with Crippen LogP contribution in [0.2, 0.25) is 0 Å². The summed E-state index contributed by atoms with van der Waals surface area (Å²) in [4.78, 5) is 10.7. The molecular weight excluding hydrogens is 202 g/mol. The van der Waals surface area contributed by atoms with Crippen molar-refractivity contribution in [3.63, 3.8) is 0 Å². The number of azo groups is 1. The van der Waals surface area contributed by atoms with Gasteiger partial charge in [0.25, 0.3) is 0 Å². The molecule has 0 radical (unpaired) electrons. The molecule has 2 rings (SSSR count). The van der Waals surface area contributed by atoms with E-state index in [1.807, 2.05) is 0 Å². The van der Waals surface area contributed by atoms with E-state index >= 15 is 0 Å². The third kappa shape index (κ3) is 1.91. The van der Waals surface area contributed by atoms with Gasteiger partial charge in [0.1, 0.15) is 0 Å². The van der Waals surface area contributed by atoms with E-state index in [2.05, 4.69) is 10.2 Å². The molecule has 0 aromatic rings. The molecule has 72 valence electrons. The summed E-state index contributed by atoms with van der Waals surface area (Å²) in [6.45, 7) is 0. The third-order valence-electron chi connectivity index (χ3n) is 1.73. The number of carbonyl (C=O) groups is 1. The number of nitrogens with zero attached hydrogens (tertiary/aromatic N) is 3. The van der Waals surface area contributed by atoms with E-state index in [-0.39, 0.29) is 5.24 Å². The molecule has 0 fully saturated rings. The van der Waals surface area contributed by atoms with Crippen LogP contribution in [-0.2, 0) is 0 Å². The summed E-state index contributed by atoms with van der Waals surface area (Å²) in [6, 6.07) is 0. The average Bonchev–Trinajstić information content (AvgIpc) is 2.21. The second-order valence-corrected chi connectivity index (χ2v) is 3.59. The van der Waals surface area contributed by atoms with Crippen LogP contribution in [0.25, 0.3) is 0 Å². The van der Waals surface area contributed by atoms with Crippen molar-refractivity contribution in [2.75, 3.05) is 5.75 Å². The van der Waals surface area contributed by atoms with Gasteiger partial charge in [0.2, 0.25) is 0 Å². The van der Waals surface area contributed by atoms with Crippen molar-refractivity contribution in [2.45, 2.75) is 0 Å². The quantitative estimate of drug-likeness (QED) is 0.664. The molecule has 0 saturated heterocycles. The number of hydroxylamine groups is 2. The number of amides is 1. The van der Waals surface area contributed by atoms with Crippen LogP contribution in [0, 0.1) is 0 Å². The predicted octanol–water partition coefficient (Wildman–Crippen LogP) is 2.29. The summed E-state index contributed by atoms with van der Waals surface area (Å²) >= 11 is 1.12. The van der Waals surface area contributed by atoms with Crippen LogP contribution in [0.4, 0.5) is 4.79 Å². The molecule has 0 unspecified atom stereocenters. The molecule has 0 bridgehead atoms. The lowest BCUT2D eigenvalue weighted by molar-refractivity contribution is 0.0105. The lowest BCUT2D eigenvalue weighted by Gasteiger charge is -2.12. The monoisotopic (exact) mass is 209 g/mol. The largest absolute Gasteiger partial charge is 0.323 e. The number of allylic oxidation sites excluding steroid dienone is 3. The van der Waals surface area contributed by atoms with Crippen LogP contribution in [0.15, 0.2) is 46.1 Å². The van der Waals surface area contributed by atoms with Gasteiger partial charge in [0, 0.05) is 23.7 Å². The van der Waals surface area contributed by atoms with Crippen molar-refractivity contribution in [3.8, 4) is 0 Å². The van der Waals surface area contributed by atoms with E-state index in [0.717, 1.165) is 28.1 Å². The Morgan fingerprint density at radius 1 is 1.36 bits per heavy atom. The van der Waals surface area contributed by atoms with Crippen LogP contribution in [0.5, 0.6) is 0 Å². The van der Waals surface area contributed by atoms with Gasteiger partial charge < -0.3 is 0 Å². The number of rotatable bonds is 0. The molecule has 0 spiro atoms. The molecule has 5 nitrogen and oxygen atoms in total. The highest BCUT2D eigenvalue weighted by Gasteiger charge is 2.13. The number of carbonyl (C=O) groups excluding carboxylic acids is 1. The molecule has 0 atom stereocenters. The number of hydrogen-bond donors (Lipinski definition) is 1. The maximum absolute atomic E-state index is 10.7. The fraction of sp³-hybridized carbons (Fsp3) is 0.125. The van der Waals surface area contributed by atoms with Crippen molar-refractivity contribution in [1.29, 1.82) is 0 Å². The topological polar surface area (TPSA) is 65.3 Å². The number of thioether (sulfide) groups is 1. The molecule has 1 N–H and O–H groups in total. The third-order valence-corrected chi connectivity index (χ3v) is 2.48. The summed E-state index contributed by atoms with van der Waals surface area (Å²) in [5.74, 6) is 0.526.